The predicted molar refractivity (Wildman–Crippen MR) is 48.2 cm³/mol. The van der Waals surface area contributed by atoms with E-state index in [1.165, 1.54) is 0 Å². The van der Waals surface area contributed by atoms with Crippen molar-refractivity contribution in [3.8, 4) is 0 Å². The molecule has 0 N–H and O–H groups in total. The Morgan fingerprint density at radius 2 is 1.77 bits per heavy atom. The zero-order valence-electron chi connectivity index (χ0n) is 8.91. The standard InChI is InChI=1S/C8H19O3P.Na/c1-3-5-7-11-12(9,10)8-6-4-2;/h3-8H2,1-2H3,(H,9,10);/q;+1/p-1. The summed E-state index contributed by atoms with van der Waals surface area (Å²) in [5, 5.41) is 0. The first kappa shape index (κ1) is 16.6. The normalized spacial score (nSPS) is 14.7. The van der Waals surface area contributed by atoms with Crippen molar-refractivity contribution in [2.45, 2.75) is 39.5 Å². The minimum Gasteiger partial charge on any atom is -0.778 e. The molecule has 0 aliphatic carbocycles. The monoisotopic (exact) mass is 216 g/mol. The molecule has 0 aromatic heterocycles. The summed E-state index contributed by atoms with van der Waals surface area (Å²) < 4.78 is 15.8. The molecule has 0 spiro atoms. The Hall–Kier alpha value is 1.15. The second kappa shape index (κ2) is 9.70. The van der Waals surface area contributed by atoms with E-state index in [1.807, 2.05) is 13.8 Å². The van der Waals surface area contributed by atoms with Crippen molar-refractivity contribution >= 4 is 7.60 Å². The largest absolute Gasteiger partial charge is 1.00 e. The minimum absolute atomic E-state index is 0. The van der Waals surface area contributed by atoms with Gasteiger partial charge in [-0.05, 0) is 12.8 Å². The third kappa shape index (κ3) is 11.1. The van der Waals surface area contributed by atoms with Crippen LogP contribution in [0.5, 0.6) is 0 Å². The summed E-state index contributed by atoms with van der Waals surface area (Å²) in [6.45, 7) is 4.32. The number of hydrogen-bond acceptors (Lipinski definition) is 3. The molecule has 0 saturated heterocycles. The maximum atomic E-state index is 11.1. The quantitative estimate of drug-likeness (QED) is 0.317. The number of unbranched alkanes of at least 4 members (excludes halogenated alkanes) is 2. The smallest absolute Gasteiger partial charge is 0.778 e. The number of hydrogen-bond donors (Lipinski definition) is 0. The first-order chi connectivity index (χ1) is 5.62. The average molecular weight is 216 g/mol. The van der Waals surface area contributed by atoms with Gasteiger partial charge in [0.05, 0.1) is 6.61 Å². The van der Waals surface area contributed by atoms with E-state index >= 15 is 0 Å². The molecule has 0 aromatic carbocycles. The Morgan fingerprint density at radius 3 is 2.23 bits per heavy atom. The molecular weight excluding hydrogens is 198 g/mol. The van der Waals surface area contributed by atoms with Crippen LogP contribution in [-0.4, -0.2) is 12.8 Å². The topological polar surface area (TPSA) is 49.4 Å². The Morgan fingerprint density at radius 1 is 1.23 bits per heavy atom. The molecule has 1 unspecified atom stereocenters. The van der Waals surface area contributed by atoms with E-state index in [4.69, 9.17) is 4.52 Å². The Bertz CT molecular complexity index is 152. The maximum absolute atomic E-state index is 11.1. The van der Waals surface area contributed by atoms with E-state index in [9.17, 15) is 9.46 Å². The summed E-state index contributed by atoms with van der Waals surface area (Å²) in [7, 11) is -3.49. The van der Waals surface area contributed by atoms with E-state index in [0.29, 0.717) is 13.0 Å². The van der Waals surface area contributed by atoms with Gasteiger partial charge in [0.2, 0.25) is 0 Å². The minimum atomic E-state index is -3.49. The molecular formula is C8H18NaO3P. The van der Waals surface area contributed by atoms with Gasteiger partial charge in [0.25, 0.3) is 0 Å². The fourth-order valence-corrected chi connectivity index (χ4v) is 2.00. The molecule has 0 bridgehead atoms. The Labute approximate surface area is 103 Å². The van der Waals surface area contributed by atoms with Crippen LogP contribution in [0.2, 0.25) is 0 Å². The summed E-state index contributed by atoms with van der Waals surface area (Å²) in [4.78, 5) is 11.1. The van der Waals surface area contributed by atoms with Gasteiger partial charge in [0.1, 0.15) is 7.60 Å². The molecule has 0 fully saturated rings. The van der Waals surface area contributed by atoms with Crippen molar-refractivity contribution in [3.63, 3.8) is 0 Å². The molecule has 0 heterocycles. The molecule has 13 heavy (non-hydrogen) atoms. The van der Waals surface area contributed by atoms with Crippen LogP contribution in [0.25, 0.3) is 0 Å². The van der Waals surface area contributed by atoms with Crippen molar-refractivity contribution in [1.82, 2.24) is 0 Å². The van der Waals surface area contributed by atoms with Gasteiger partial charge >= 0.3 is 29.6 Å². The second-order valence-electron chi connectivity index (χ2n) is 2.87. The predicted octanol–water partition coefficient (Wildman–Crippen LogP) is -0.839. The van der Waals surface area contributed by atoms with Crippen LogP contribution >= 0.6 is 7.60 Å². The third-order valence-electron chi connectivity index (χ3n) is 1.57. The molecule has 5 heteroatoms. The zero-order valence-corrected chi connectivity index (χ0v) is 11.8. The van der Waals surface area contributed by atoms with E-state index in [0.717, 1.165) is 19.3 Å². The van der Waals surface area contributed by atoms with Gasteiger partial charge in [-0.3, -0.25) is 0 Å². The molecule has 0 aliphatic rings. The molecule has 0 aromatic rings. The van der Waals surface area contributed by atoms with Crippen molar-refractivity contribution in [3.05, 3.63) is 0 Å². The van der Waals surface area contributed by atoms with Crippen LogP contribution in [0, 0.1) is 0 Å². The first-order valence-electron chi connectivity index (χ1n) is 4.57. The van der Waals surface area contributed by atoms with Gasteiger partial charge in [-0.15, -0.1) is 0 Å². The van der Waals surface area contributed by atoms with Crippen LogP contribution in [0.4, 0.5) is 0 Å². The van der Waals surface area contributed by atoms with Gasteiger partial charge in [-0.25, -0.2) is 0 Å². The Kier molecular flexibility index (Phi) is 12.4. The Balaban J connectivity index is 0. The van der Waals surface area contributed by atoms with E-state index in [2.05, 4.69) is 0 Å². The molecule has 74 valence electrons. The molecule has 0 amide bonds. The summed E-state index contributed by atoms with van der Waals surface area (Å²) in [6, 6.07) is 0. The van der Waals surface area contributed by atoms with E-state index in [-0.39, 0.29) is 35.7 Å². The zero-order chi connectivity index (χ0) is 9.45. The summed E-state index contributed by atoms with van der Waals surface area (Å²) in [6.07, 6.45) is 3.57. The van der Waals surface area contributed by atoms with Crippen molar-refractivity contribution in [2.75, 3.05) is 12.8 Å². The number of rotatable bonds is 7. The van der Waals surface area contributed by atoms with Crippen LogP contribution in [0.15, 0.2) is 0 Å². The molecule has 1 atom stereocenters. The average Bonchev–Trinajstić information content (AvgIpc) is 2.01. The van der Waals surface area contributed by atoms with Crippen molar-refractivity contribution in [2.24, 2.45) is 0 Å². The van der Waals surface area contributed by atoms with E-state index < -0.39 is 7.60 Å². The molecule has 3 nitrogen and oxygen atoms in total. The fourth-order valence-electron chi connectivity index (χ4n) is 0.764. The molecule has 0 saturated carbocycles. The van der Waals surface area contributed by atoms with Gasteiger partial charge < -0.3 is 14.0 Å². The van der Waals surface area contributed by atoms with Gasteiger partial charge in [-0.2, -0.15) is 0 Å². The van der Waals surface area contributed by atoms with Crippen LogP contribution in [0.1, 0.15) is 39.5 Å². The summed E-state index contributed by atoms with van der Waals surface area (Å²) in [5.74, 6) is 0. The second-order valence-corrected chi connectivity index (χ2v) is 4.80. The van der Waals surface area contributed by atoms with Gasteiger partial charge in [0, 0.05) is 6.16 Å². The van der Waals surface area contributed by atoms with Gasteiger partial charge in [-0.1, -0.05) is 26.7 Å². The summed E-state index contributed by atoms with van der Waals surface area (Å²) >= 11 is 0. The third-order valence-corrected chi connectivity index (χ3v) is 3.01. The molecule has 0 rings (SSSR count). The van der Waals surface area contributed by atoms with Crippen LogP contribution in [0.3, 0.4) is 0 Å². The first-order valence-corrected chi connectivity index (χ1v) is 6.29. The maximum Gasteiger partial charge on any atom is 1.00 e. The van der Waals surface area contributed by atoms with Crippen LogP contribution in [-0.2, 0) is 9.09 Å². The van der Waals surface area contributed by atoms with Crippen molar-refractivity contribution < 1.29 is 43.5 Å². The SMILES string of the molecule is CCCCOP(=O)([O-])CCCC.[Na+]. The van der Waals surface area contributed by atoms with E-state index in [1.54, 1.807) is 0 Å². The fraction of sp³-hybridized carbons (Fsp3) is 1.00. The molecule has 0 radical (unpaired) electrons. The van der Waals surface area contributed by atoms with Crippen molar-refractivity contribution in [1.29, 1.82) is 0 Å². The van der Waals surface area contributed by atoms with Gasteiger partial charge in [0.15, 0.2) is 0 Å². The van der Waals surface area contributed by atoms with Crippen LogP contribution < -0.4 is 34.5 Å². The summed E-state index contributed by atoms with van der Waals surface area (Å²) in [5.41, 5.74) is 0. The molecule has 0 aliphatic heterocycles.